The Morgan fingerprint density at radius 1 is 1.25 bits per heavy atom. The standard InChI is InChI=1S/C15H16N2O3/c1-11(16)13-5-7-15(8-6-13)20-10-12-3-2-4-14(9-12)17(18)19/h2-9,11H,10,16H2,1H3. The fourth-order valence-electron chi connectivity index (χ4n) is 1.79. The van der Waals surface area contributed by atoms with Gasteiger partial charge in [0.15, 0.2) is 0 Å². The summed E-state index contributed by atoms with van der Waals surface area (Å²) in [6, 6.07) is 13.9. The van der Waals surface area contributed by atoms with E-state index in [9.17, 15) is 10.1 Å². The quantitative estimate of drug-likeness (QED) is 0.669. The molecular formula is C15H16N2O3. The minimum Gasteiger partial charge on any atom is -0.489 e. The van der Waals surface area contributed by atoms with Gasteiger partial charge in [-0.1, -0.05) is 24.3 Å². The summed E-state index contributed by atoms with van der Waals surface area (Å²) in [5.74, 6) is 0.709. The number of ether oxygens (including phenoxy) is 1. The predicted octanol–water partition coefficient (Wildman–Crippen LogP) is 3.19. The highest BCUT2D eigenvalue weighted by Crippen LogP contribution is 2.18. The number of non-ortho nitro benzene ring substituents is 1. The van der Waals surface area contributed by atoms with Gasteiger partial charge >= 0.3 is 0 Å². The fourth-order valence-corrected chi connectivity index (χ4v) is 1.79. The maximum absolute atomic E-state index is 10.7. The number of hydrogen-bond acceptors (Lipinski definition) is 4. The summed E-state index contributed by atoms with van der Waals surface area (Å²) in [5, 5.41) is 10.7. The zero-order chi connectivity index (χ0) is 14.5. The van der Waals surface area contributed by atoms with E-state index < -0.39 is 4.92 Å². The SMILES string of the molecule is CC(N)c1ccc(OCc2cccc([N+](=O)[O-])c2)cc1. The van der Waals surface area contributed by atoms with E-state index in [0.29, 0.717) is 12.4 Å². The van der Waals surface area contributed by atoms with Gasteiger partial charge < -0.3 is 10.5 Å². The molecule has 0 aliphatic heterocycles. The van der Waals surface area contributed by atoms with E-state index in [4.69, 9.17) is 10.5 Å². The maximum Gasteiger partial charge on any atom is 0.269 e. The van der Waals surface area contributed by atoms with E-state index in [-0.39, 0.29) is 11.7 Å². The molecule has 2 aromatic carbocycles. The molecule has 2 aromatic rings. The van der Waals surface area contributed by atoms with Crippen LogP contribution in [0.5, 0.6) is 5.75 Å². The average Bonchev–Trinajstić information content (AvgIpc) is 2.46. The second-order valence-electron chi connectivity index (χ2n) is 4.57. The lowest BCUT2D eigenvalue weighted by Crippen LogP contribution is -2.04. The largest absolute Gasteiger partial charge is 0.489 e. The summed E-state index contributed by atoms with van der Waals surface area (Å²) < 4.78 is 5.60. The minimum atomic E-state index is -0.416. The Labute approximate surface area is 117 Å². The number of benzene rings is 2. The first-order valence-corrected chi connectivity index (χ1v) is 6.28. The third kappa shape index (κ3) is 3.55. The lowest BCUT2D eigenvalue weighted by Gasteiger charge is -2.09. The van der Waals surface area contributed by atoms with Gasteiger partial charge in [-0.05, 0) is 30.2 Å². The second-order valence-corrected chi connectivity index (χ2v) is 4.57. The predicted molar refractivity (Wildman–Crippen MR) is 76.5 cm³/mol. The van der Waals surface area contributed by atoms with E-state index in [1.165, 1.54) is 12.1 Å². The van der Waals surface area contributed by atoms with E-state index in [1.807, 2.05) is 31.2 Å². The van der Waals surface area contributed by atoms with Crippen LogP contribution in [0, 0.1) is 10.1 Å². The molecule has 0 saturated heterocycles. The van der Waals surface area contributed by atoms with E-state index in [1.54, 1.807) is 12.1 Å². The molecule has 5 heteroatoms. The first-order valence-electron chi connectivity index (χ1n) is 6.28. The second kappa shape index (κ2) is 6.16. The van der Waals surface area contributed by atoms with Crippen LogP contribution in [0.15, 0.2) is 48.5 Å². The van der Waals surface area contributed by atoms with Gasteiger partial charge in [0.05, 0.1) is 4.92 Å². The van der Waals surface area contributed by atoms with Gasteiger partial charge in [-0.15, -0.1) is 0 Å². The molecule has 0 spiro atoms. The molecule has 2 N–H and O–H groups in total. The highest BCUT2D eigenvalue weighted by Gasteiger charge is 2.06. The Bertz CT molecular complexity index is 594. The summed E-state index contributed by atoms with van der Waals surface area (Å²) in [5.41, 5.74) is 7.63. The summed E-state index contributed by atoms with van der Waals surface area (Å²) in [6.07, 6.45) is 0. The summed E-state index contributed by atoms with van der Waals surface area (Å²) >= 11 is 0. The van der Waals surface area contributed by atoms with Crippen molar-refractivity contribution in [3.63, 3.8) is 0 Å². The Balaban J connectivity index is 2.01. The minimum absolute atomic E-state index is 0.0131. The molecule has 1 atom stereocenters. The third-order valence-corrected chi connectivity index (χ3v) is 2.93. The highest BCUT2D eigenvalue weighted by molar-refractivity contribution is 5.34. The average molecular weight is 272 g/mol. The van der Waals surface area contributed by atoms with Crippen molar-refractivity contribution in [1.29, 1.82) is 0 Å². The number of hydrogen-bond donors (Lipinski definition) is 1. The Morgan fingerprint density at radius 3 is 2.55 bits per heavy atom. The number of nitro groups is 1. The lowest BCUT2D eigenvalue weighted by molar-refractivity contribution is -0.384. The van der Waals surface area contributed by atoms with Gasteiger partial charge in [0.1, 0.15) is 12.4 Å². The van der Waals surface area contributed by atoms with Gasteiger partial charge in [0.25, 0.3) is 5.69 Å². The van der Waals surface area contributed by atoms with Gasteiger partial charge in [-0.2, -0.15) is 0 Å². The molecule has 0 aromatic heterocycles. The molecule has 0 radical (unpaired) electrons. The molecule has 0 aliphatic carbocycles. The molecular weight excluding hydrogens is 256 g/mol. The van der Waals surface area contributed by atoms with Gasteiger partial charge in [0, 0.05) is 18.2 Å². The van der Waals surface area contributed by atoms with Crippen LogP contribution in [-0.2, 0) is 6.61 Å². The van der Waals surface area contributed by atoms with Crippen molar-refractivity contribution in [1.82, 2.24) is 0 Å². The van der Waals surface area contributed by atoms with Crippen molar-refractivity contribution in [2.75, 3.05) is 0 Å². The molecule has 2 rings (SSSR count). The van der Waals surface area contributed by atoms with Crippen LogP contribution < -0.4 is 10.5 Å². The van der Waals surface area contributed by atoms with Crippen molar-refractivity contribution < 1.29 is 9.66 Å². The summed E-state index contributed by atoms with van der Waals surface area (Å²) in [6.45, 7) is 2.21. The van der Waals surface area contributed by atoms with Gasteiger partial charge in [0.2, 0.25) is 0 Å². The van der Waals surface area contributed by atoms with Crippen LogP contribution in [0.4, 0.5) is 5.69 Å². The Hall–Kier alpha value is -2.40. The molecule has 0 fully saturated rings. The van der Waals surface area contributed by atoms with E-state index in [0.717, 1.165) is 11.1 Å². The fraction of sp³-hybridized carbons (Fsp3) is 0.200. The Kier molecular flexibility index (Phi) is 4.32. The normalized spacial score (nSPS) is 11.9. The van der Waals surface area contributed by atoms with Crippen LogP contribution in [0.2, 0.25) is 0 Å². The molecule has 5 nitrogen and oxygen atoms in total. The number of nitrogens with two attached hydrogens (primary N) is 1. The van der Waals surface area contributed by atoms with Crippen molar-refractivity contribution in [3.8, 4) is 5.75 Å². The summed E-state index contributed by atoms with van der Waals surface area (Å²) in [7, 11) is 0. The van der Waals surface area contributed by atoms with Crippen molar-refractivity contribution in [3.05, 3.63) is 69.8 Å². The highest BCUT2D eigenvalue weighted by atomic mass is 16.6. The number of nitrogens with zero attached hydrogens (tertiary/aromatic N) is 1. The molecule has 0 aliphatic rings. The van der Waals surface area contributed by atoms with Crippen LogP contribution >= 0.6 is 0 Å². The van der Waals surface area contributed by atoms with Crippen molar-refractivity contribution in [2.45, 2.75) is 19.6 Å². The molecule has 0 saturated carbocycles. The monoisotopic (exact) mass is 272 g/mol. The lowest BCUT2D eigenvalue weighted by atomic mass is 10.1. The van der Waals surface area contributed by atoms with Crippen molar-refractivity contribution in [2.24, 2.45) is 5.73 Å². The van der Waals surface area contributed by atoms with E-state index >= 15 is 0 Å². The first kappa shape index (κ1) is 14.0. The van der Waals surface area contributed by atoms with Crippen molar-refractivity contribution >= 4 is 5.69 Å². The van der Waals surface area contributed by atoms with Crippen LogP contribution in [0.3, 0.4) is 0 Å². The zero-order valence-electron chi connectivity index (χ0n) is 11.2. The molecule has 0 bridgehead atoms. The summed E-state index contributed by atoms with van der Waals surface area (Å²) in [4.78, 5) is 10.3. The van der Waals surface area contributed by atoms with Gasteiger partial charge in [-0.25, -0.2) is 0 Å². The van der Waals surface area contributed by atoms with Crippen LogP contribution in [-0.4, -0.2) is 4.92 Å². The molecule has 0 amide bonds. The third-order valence-electron chi connectivity index (χ3n) is 2.93. The van der Waals surface area contributed by atoms with Crippen LogP contribution in [0.25, 0.3) is 0 Å². The topological polar surface area (TPSA) is 78.4 Å². The molecule has 0 heterocycles. The smallest absolute Gasteiger partial charge is 0.269 e. The molecule has 1 unspecified atom stereocenters. The zero-order valence-corrected chi connectivity index (χ0v) is 11.2. The van der Waals surface area contributed by atoms with Crippen LogP contribution in [0.1, 0.15) is 24.1 Å². The number of nitro benzene ring substituents is 1. The first-order chi connectivity index (χ1) is 9.56. The van der Waals surface area contributed by atoms with Gasteiger partial charge in [-0.3, -0.25) is 10.1 Å². The number of rotatable bonds is 5. The molecule has 20 heavy (non-hydrogen) atoms. The van der Waals surface area contributed by atoms with E-state index in [2.05, 4.69) is 0 Å². The maximum atomic E-state index is 10.7. The Morgan fingerprint density at radius 2 is 1.95 bits per heavy atom. The molecule has 104 valence electrons.